The van der Waals surface area contributed by atoms with Crippen molar-refractivity contribution < 1.29 is 9.90 Å². The molecule has 5 heteroatoms. The van der Waals surface area contributed by atoms with E-state index in [1.165, 1.54) is 6.07 Å². The molecule has 0 saturated heterocycles. The second-order valence-electron chi connectivity index (χ2n) is 3.84. The van der Waals surface area contributed by atoms with Gasteiger partial charge in [-0.1, -0.05) is 6.07 Å². The number of aromatic hydroxyl groups is 1. The fourth-order valence-electron chi connectivity index (χ4n) is 1.47. The number of amides is 2. The van der Waals surface area contributed by atoms with Gasteiger partial charge < -0.3 is 15.7 Å². The third kappa shape index (κ3) is 2.98. The number of nitrogens with zero attached hydrogens (tertiary/aromatic N) is 1. The van der Waals surface area contributed by atoms with E-state index in [9.17, 15) is 9.90 Å². The van der Waals surface area contributed by atoms with Crippen LogP contribution in [-0.4, -0.2) is 16.1 Å². The number of benzene rings is 1. The predicted molar refractivity (Wildman–Crippen MR) is 69.7 cm³/mol. The number of urea groups is 1. The van der Waals surface area contributed by atoms with Crippen molar-refractivity contribution >= 4 is 17.4 Å². The lowest BCUT2D eigenvalue weighted by Crippen LogP contribution is -2.19. The maximum absolute atomic E-state index is 11.7. The Morgan fingerprint density at radius 1 is 1.17 bits per heavy atom. The second kappa shape index (κ2) is 5.18. The summed E-state index contributed by atoms with van der Waals surface area (Å²) in [5.41, 5.74) is 1.96. The Morgan fingerprint density at radius 3 is 2.61 bits per heavy atom. The normalized spacial score (nSPS) is 9.83. The summed E-state index contributed by atoms with van der Waals surface area (Å²) < 4.78 is 0. The van der Waals surface area contributed by atoms with E-state index in [0.29, 0.717) is 11.4 Å². The molecular formula is C13H13N3O2. The first-order chi connectivity index (χ1) is 8.65. The van der Waals surface area contributed by atoms with Gasteiger partial charge in [-0.2, -0.15) is 0 Å². The van der Waals surface area contributed by atoms with Crippen LogP contribution in [0.2, 0.25) is 0 Å². The summed E-state index contributed by atoms with van der Waals surface area (Å²) in [7, 11) is 0. The van der Waals surface area contributed by atoms with Crippen molar-refractivity contribution in [3.63, 3.8) is 0 Å². The topological polar surface area (TPSA) is 74.2 Å². The summed E-state index contributed by atoms with van der Waals surface area (Å²) in [5, 5.41) is 14.8. The Hall–Kier alpha value is -2.56. The SMILES string of the molecule is Cc1ccc(O)c(NC(=O)Nc2ccncc2)c1. The minimum atomic E-state index is -0.415. The fraction of sp³-hybridized carbons (Fsp3) is 0.0769. The lowest BCUT2D eigenvalue weighted by molar-refractivity contribution is 0.262. The van der Waals surface area contributed by atoms with E-state index in [1.807, 2.05) is 6.92 Å². The van der Waals surface area contributed by atoms with Crippen molar-refractivity contribution in [2.24, 2.45) is 0 Å². The number of carbonyl (C=O) groups is 1. The number of nitrogens with one attached hydrogen (secondary N) is 2. The highest BCUT2D eigenvalue weighted by atomic mass is 16.3. The number of aromatic nitrogens is 1. The average molecular weight is 243 g/mol. The molecule has 2 rings (SSSR count). The molecule has 0 aliphatic carbocycles. The van der Waals surface area contributed by atoms with Crippen LogP contribution in [0.25, 0.3) is 0 Å². The summed E-state index contributed by atoms with van der Waals surface area (Å²) in [4.78, 5) is 15.5. The maximum Gasteiger partial charge on any atom is 0.323 e. The molecule has 1 heterocycles. The molecule has 92 valence electrons. The highest BCUT2D eigenvalue weighted by molar-refractivity contribution is 6.00. The molecule has 1 aromatic carbocycles. The van der Waals surface area contributed by atoms with E-state index in [1.54, 1.807) is 36.7 Å². The predicted octanol–water partition coefficient (Wildman–Crippen LogP) is 2.74. The number of hydrogen-bond donors (Lipinski definition) is 3. The van der Waals surface area contributed by atoms with E-state index in [-0.39, 0.29) is 5.75 Å². The molecular weight excluding hydrogens is 230 g/mol. The van der Waals surface area contributed by atoms with E-state index in [2.05, 4.69) is 15.6 Å². The van der Waals surface area contributed by atoms with Crippen molar-refractivity contribution in [3.05, 3.63) is 48.3 Å². The van der Waals surface area contributed by atoms with Gasteiger partial charge in [-0.05, 0) is 36.8 Å². The molecule has 1 aromatic heterocycles. The quantitative estimate of drug-likeness (QED) is 0.710. The van der Waals surface area contributed by atoms with Gasteiger partial charge in [0.1, 0.15) is 5.75 Å². The fourth-order valence-corrected chi connectivity index (χ4v) is 1.47. The summed E-state index contributed by atoms with van der Waals surface area (Å²) in [6.07, 6.45) is 3.17. The van der Waals surface area contributed by atoms with Crippen molar-refractivity contribution in [2.75, 3.05) is 10.6 Å². The number of anilines is 2. The van der Waals surface area contributed by atoms with Gasteiger partial charge >= 0.3 is 6.03 Å². The van der Waals surface area contributed by atoms with Crippen molar-refractivity contribution in [1.82, 2.24) is 4.98 Å². The van der Waals surface area contributed by atoms with E-state index in [4.69, 9.17) is 0 Å². The van der Waals surface area contributed by atoms with Gasteiger partial charge in [-0.3, -0.25) is 4.98 Å². The van der Waals surface area contributed by atoms with Gasteiger partial charge in [0, 0.05) is 18.1 Å². The highest BCUT2D eigenvalue weighted by Gasteiger charge is 2.06. The van der Waals surface area contributed by atoms with Crippen LogP contribution in [0.1, 0.15) is 5.56 Å². The van der Waals surface area contributed by atoms with E-state index >= 15 is 0 Å². The summed E-state index contributed by atoms with van der Waals surface area (Å²) >= 11 is 0. The molecule has 3 N–H and O–H groups in total. The number of phenolic OH excluding ortho intramolecular Hbond substituents is 1. The largest absolute Gasteiger partial charge is 0.506 e. The van der Waals surface area contributed by atoms with Gasteiger partial charge in [-0.25, -0.2) is 4.79 Å². The molecule has 0 radical (unpaired) electrons. The second-order valence-corrected chi connectivity index (χ2v) is 3.84. The third-order valence-corrected chi connectivity index (χ3v) is 2.34. The Bertz CT molecular complexity index is 555. The number of aryl methyl sites for hydroxylation is 1. The molecule has 0 fully saturated rings. The van der Waals surface area contributed by atoms with Gasteiger partial charge in [0.05, 0.1) is 5.69 Å². The molecule has 18 heavy (non-hydrogen) atoms. The molecule has 2 amide bonds. The molecule has 0 saturated carbocycles. The third-order valence-electron chi connectivity index (χ3n) is 2.34. The number of pyridine rings is 1. The standard InChI is InChI=1S/C13H13N3O2/c1-9-2-3-12(17)11(8-9)16-13(18)15-10-4-6-14-7-5-10/h2-8,17H,1H3,(H2,14,15,16,18). The maximum atomic E-state index is 11.7. The molecule has 0 unspecified atom stereocenters. The number of carbonyl (C=O) groups excluding carboxylic acids is 1. The lowest BCUT2D eigenvalue weighted by Gasteiger charge is -2.09. The van der Waals surface area contributed by atoms with Crippen molar-refractivity contribution in [1.29, 1.82) is 0 Å². The van der Waals surface area contributed by atoms with Gasteiger partial charge in [-0.15, -0.1) is 0 Å². The zero-order valence-electron chi connectivity index (χ0n) is 9.84. The number of rotatable bonds is 2. The molecule has 5 nitrogen and oxygen atoms in total. The Kier molecular flexibility index (Phi) is 3.43. The van der Waals surface area contributed by atoms with Crippen LogP contribution in [-0.2, 0) is 0 Å². The van der Waals surface area contributed by atoms with Crippen LogP contribution in [0.15, 0.2) is 42.7 Å². The Balaban J connectivity index is 2.05. The summed E-state index contributed by atoms with van der Waals surface area (Å²) in [5.74, 6) is 0.0329. The number of phenols is 1. The van der Waals surface area contributed by atoms with Crippen LogP contribution in [0.5, 0.6) is 5.75 Å². The molecule has 0 atom stereocenters. The summed E-state index contributed by atoms with van der Waals surface area (Å²) in [6.45, 7) is 1.88. The van der Waals surface area contributed by atoms with Gasteiger partial charge in [0.2, 0.25) is 0 Å². The van der Waals surface area contributed by atoms with Crippen LogP contribution in [0.4, 0.5) is 16.2 Å². The van der Waals surface area contributed by atoms with Gasteiger partial charge in [0.25, 0.3) is 0 Å². The highest BCUT2D eigenvalue weighted by Crippen LogP contribution is 2.23. The van der Waals surface area contributed by atoms with Crippen LogP contribution >= 0.6 is 0 Å². The van der Waals surface area contributed by atoms with Crippen molar-refractivity contribution in [3.8, 4) is 5.75 Å². The first kappa shape index (κ1) is 11.9. The number of hydrogen-bond acceptors (Lipinski definition) is 3. The Morgan fingerprint density at radius 2 is 1.89 bits per heavy atom. The van der Waals surface area contributed by atoms with Crippen molar-refractivity contribution in [2.45, 2.75) is 6.92 Å². The first-order valence-electron chi connectivity index (χ1n) is 5.43. The van der Waals surface area contributed by atoms with Crippen LogP contribution in [0, 0.1) is 6.92 Å². The smallest absolute Gasteiger partial charge is 0.323 e. The zero-order chi connectivity index (χ0) is 13.0. The first-order valence-corrected chi connectivity index (χ1v) is 5.43. The Labute approximate surface area is 104 Å². The molecule has 0 spiro atoms. The lowest BCUT2D eigenvalue weighted by atomic mass is 10.2. The molecule has 0 aliphatic heterocycles. The van der Waals surface area contributed by atoms with Crippen LogP contribution in [0.3, 0.4) is 0 Å². The minimum absolute atomic E-state index is 0.0329. The summed E-state index contributed by atoms with van der Waals surface area (Å²) in [6, 6.07) is 7.94. The van der Waals surface area contributed by atoms with E-state index in [0.717, 1.165) is 5.56 Å². The monoisotopic (exact) mass is 243 g/mol. The molecule has 0 bridgehead atoms. The zero-order valence-corrected chi connectivity index (χ0v) is 9.84. The van der Waals surface area contributed by atoms with Gasteiger partial charge in [0.15, 0.2) is 0 Å². The average Bonchev–Trinajstić information content (AvgIpc) is 2.35. The molecule has 2 aromatic rings. The van der Waals surface area contributed by atoms with Crippen LogP contribution < -0.4 is 10.6 Å². The minimum Gasteiger partial charge on any atom is -0.506 e. The molecule has 0 aliphatic rings. The van der Waals surface area contributed by atoms with E-state index < -0.39 is 6.03 Å².